The molecule has 3 nitrogen and oxygen atoms in total. The largest absolute Gasteiger partial charge is 0.497 e. The van der Waals surface area contributed by atoms with E-state index in [9.17, 15) is 0 Å². The zero-order chi connectivity index (χ0) is 13.2. The van der Waals surface area contributed by atoms with E-state index >= 15 is 0 Å². The number of ether oxygens (including phenoxy) is 1. The van der Waals surface area contributed by atoms with Gasteiger partial charge in [-0.2, -0.15) is 0 Å². The quantitative estimate of drug-likeness (QED) is 0.861. The molecule has 1 fully saturated rings. The van der Waals surface area contributed by atoms with Crippen LogP contribution in [-0.2, 0) is 6.42 Å². The van der Waals surface area contributed by atoms with Crippen LogP contribution >= 0.6 is 11.6 Å². The summed E-state index contributed by atoms with van der Waals surface area (Å²) in [6.07, 6.45) is 3.25. The molecule has 0 unspecified atom stereocenters. The fourth-order valence-corrected chi connectivity index (χ4v) is 2.37. The maximum Gasteiger partial charge on any atom is 0.120 e. The second-order valence-corrected chi connectivity index (χ2v) is 5.71. The summed E-state index contributed by atoms with van der Waals surface area (Å²) in [4.78, 5) is 2.29. The van der Waals surface area contributed by atoms with Crippen LogP contribution in [0.1, 0.15) is 18.4 Å². The lowest BCUT2D eigenvalue weighted by molar-refractivity contribution is 0.306. The first-order chi connectivity index (χ1) is 8.52. The zero-order valence-corrected chi connectivity index (χ0v) is 11.8. The SMILES string of the molecule is COc1ccc(CCN(C)CC2(N)CC2)c(Cl)c1. The summed E-state index contributed by atoms with van der Waals surface area (Å²) in [6, 6.07) is 5.85. The van der Waals surface area contributed by atoms with Gasteiger partial charge in [-0.3, -0.25) is 0 Å². The van der Waals surface area contributed by atoms with Gasteiger partial charge < -0.3 is 15.4 Å². The highest BCUT2D eigenvalue weighted by Crippen LogP contribution is 2.32. The van der Waals surface area contributed by atoms with E-state index in [4.69, 9.17) is 22.1 Å². The van der Waals surface area contributed by atoms with E-state index < -0.39 is 0 Å². The lowest BCUT2D eigenvalue weighted by Gasteiger charge is -2.20. The van der Waals surface area contributed by atoms with Crippen molar-refractivity contribution in [1.82, 2.24) is 4.90 Å². The van der Waals surface area contributed by atoms with Crippen LogP contribution in [-0.4, -0.2) is 37.7 Å². The average molecular weight is 269 g/mol. The molecule has 100 valence electrons. The maximum absolute atomic E-state index is 6.21. The molecule has 0 saturated heterocycles. The molecule has 1 aromatic carbocycles. The van der Waals surface area contributed by atoms with E-state index in [1.165, 1.54) is 0 Å². The molecule has 0 amide bonds. The van der Waals surface area contributed by atoms with Crippen LogP contribution in [0, 0.1) is 0 Å². The molecule has 0 heterocycles. The van der Waals surface area contributed by atoms with Crippen molar-refractivity contribution in [2.75, 3.05) is 27.2 Å². The number of benzene rings is 1. The van der Waals surface area contributed by atoms with Crippen molar-refractivity contribution in [2.45, 2.75) is 24.8 Å². The Hall–Kier alpha value is -0.770. The Morgan fingerprint density at radius 1 is 1.44 bits per heavy atom. The standard InChI is InChI=1S/C14H21ClN2O/c1-17(10-14(16)6-7-14)8-5-11-3-4-12(18-2)9-13(11)15/h3-4,9H,5-8,10,16H2,1-2H3. The van der Waals surface area contributed by atoms with Gasteiger partial charge in [0.05, 0.1) is 7.11 Å². The first-order valence-electron chi connectivity index (χ1n) is 6.32. The highest BCUT2D eigenvalue weighted by atomic mass is 35.5. The summed E-state index contributed by atoms with van der Waals surface area (Å²) in [6.45, 7) is 1.95. The zero-order valence-electron chi connectivity index (χ0n) is 11.1. The van der Waals surface area contributed by atoms with E-state index in [0.29, 0.717) is 0 Å². The molecular weight excluding hydrogens is 248 g/mol. The molecule has 0 aromatic heterocycles. The monoisotopic (exact) mass is 268 g/mol. The minimum absolute atomic E-state index is 0.0818. The number of halogens is 1. The number of methoxy groups -OCH3 is 1. The molecule has 0 atom stereocenters. The summed E-state index contributed by atoms with van der Waals surface area (Å²) in [7, 11) is 3.76. The fraction of sp³-hybridized carbons (Fsp3) is 0.571. The normalized spacial score (nSPS) is 16.9. The summed E-state index contributed by atoms with van der Waals surface area (Å²) < 4.78 is 5.14. The molecule has 0 aliphatic heterocycles. The van der Waals surface area contributed by atoms with Gasteiger partial charge in [-0.1, -0.05) is 17.7 Å². The van der Waals surface area contributed by atoms with Gasteiger partial charge in [-0.05, 0) is 44.0 Å². The number of rotatable bonds is 6. The van der Waals surface area contributed by atoms with Crippen LogP contribution < -0.4 is 10.5 Å². The molecule has 1 saturated carbocycles. The highest BCUT2D eigenvalue weighted by molar-refractivity contribution is 6.31. The Bertz CT molecular complexity index is 418. The molecule has 2 N–H and O–H groups in total. The topological polar surface area (TPSA) is 38.5 Å². The van der Waals surface area contributed by atoms with Crippen molar-refractivity contribution in [3.8, 4) is 5.75 Å². The van der Waals surface area contributed by atoms with Crippen molar-refractivity contribution < 1.29 is 4.74 Å². The maximum atomic E-state index is 6.21. The smallest absolute Gasteiger partial charge is 0.120 e. The van der Waals surface area contributed by atoms with E-state index in [-0.39, 0.29) is 5.54 Å². The second-order valence-electron chi connectivity index (χ2n) is 5.31. The Labute approximate surface area is 114 Å². The van der Waals surface area contributed by atoms with Gasteiger partial charge in [0.1, 0.15) is 5.75 Å². The number of likely N-dealkylation sites (N-methyl/N-ethyl adjacent to an activating group) is 1. The Morgan fingerprint density at radius 3 is 2.72 bits per heavy atom. The van der Waals surface area contributed by atoms with Crippen molar-refractivity contribution in [3.63, 3.8) is 0 Å². The second kappa shape index (κ2) is 5.47. The van der Waals surface area contributed by atoms with Crippen molar-refractivity contribution >= 4 is 11.6 Å². The van der Waals surface area contributed by atoms with Crippen molar-refractivity contribution in [2.24, 2.45) is 5.73 Å². The van der Waals surface area contributed by atoms with Gasteiger partial charge in [0, 0.05) is 23.7 Å². The summed E-state index contributed by atoms with van der Waals surface area (Å²) in [5.74, 6) is 0.802. The highest BCUT2D eigenvalue weighted by Gasteiger charge is 2.38. The number of hydrogen-bond acceptors (Lipinski definition) is 3. The fourth-order valence-electron chi connectivity index (χ4n) is 2.10. The lowest BCUT2D eigenvalue weighted by atomic mass is 10.1. The molecule has 18 heavy (non-hydrogen) atoms. The van der Waals surface area contributed by atoms with Crippen LogP contribution in [0.15, 0.2) is 18.2 Å². The van der Waals surface area contributed by atoms with Gasteiger partial charge in [0.25, 0.3) is 0 Å². The van der Waals surface area contributed by atoms with Crippen molar-refractivity contribution in [1.29, 1.82) is 0 Å². The molecule has 0 bridgehead atoms. The van der Waals surface area contributed by atoms with Gasteiger partial charge in [-0.15, -0.1) is 0 Å². The van der Waals surface area contributed by atoms with E-state index in [2.05, 4.69) is 11.9 Å². The number of nitrogens with zero attached hydrogens (tertiary/aromatic N) is 1. The summed E-state index contributed by atoms with van der Waals surface area (Å²) in [5.41, 5.74) is 7.34. The Kier molecular flexibility index (Phi) is 4.15. The van der Waals surface area contributed by atoms with Gasteiger partial charge >= 0.3 is 0 Å². The molecular formula is C14H21ClN2O. The third-order valence-corrected chi connectivity index (χ3v) is 3.85. The average Bonchev–Trinajstić information content (AvgIpc) is 3.05. The molecule has 4 heteroatoms. The molecule has 1 aromatic rings. The van der Waals surface area contributed by atoms with E-state index in [1.807, 2.05) is 18.2 Å². The molecule has 2 rings (SSSR count). The Balaban J connectivity index is 1.85. The summed E-state index contributed by atoms with van der Waals surface area (Å²) in [5, 5.41) is 0.775. The first kappa shape index (κ1) is 13.7. The minimum atomic E-state index is 0.0818. The van der Waals surface area contributed by atoms with Gasteiger partial charge in [0.15, 0.2) is 0 Å². The summed E-state index contributed by atoms with van der Waals surface area (Å²) >= 11 is 6.21. The molecule has 0 radical (unpaired) electrons. The van der Waals surface area contributed by atoms with Gasteiger partial charge in [0.2, 0.25) is 0 Å². The molecule has 1 aliphatic carbocycles. The van der Waals surface area contributed by atoms with E-state index in [0.717, 1.165) is 48.7 Å². The number of nitrogens with two attached hydrogens (primary N) is 1. The van der Waals surface area contributed by atoms with Crippen LogP contribution in [0.3, 0.4) is 0 Å². The predicted molar refractivity (Wildman–Crippen MR) is 75.4 cm³/mol. The predicted octanol–water partition coefficient (Wildman–Crippen LogP) is 2.31. The van der Waals surface area contributed by atoms with E-state index in [1.54, 1.807) is 7.11 Å². The van der Waals surface area contributed by atoms with Crippen LogP contribution in [0.2, 0.25) is 5.02 Å². The third-order valence-electron chi connectivity index (χ3n) is 3.50. The van der Waals surface area contributed by atoms with Gasteiger partial charge in [-0.25, -0.2) is 0 Å². The minimum Gasteiger partial charge on any atom is -0.497 e. The van der Waals surface area contributed by atoms with Crippen LogP contribution in [0.5, 0.6) is 5.75 Å². The first-order valence-corrected chi connectivity index (χ1v) is 6.70. The lowest BCUT2D eigenvalue weighted by Crippen LogP contribution is -2.38. The molecule has 0 spiro atoms. The van der Waals surface area contributed by atoms with Crippen LogP contribution in [0.25, 0.3) is 0 Å². The number of hydrogen-bond donors (Lipinski definition) is 1. The Morgan fingerprint density at radius 2 is 2.17 bits per heavy atom. The molecule has 1 aliphatic rings. The third kappa shape index (κ3) is 3.61. The van der Waals surface area contributed by atoms with Crippen molar-refractivity contribution in [3.05, 3.63) is 28.8 Å². The van der Waals surface area contributed by atoms with Crippen LogP contribution in [0.4, 0.5) is 0 Å².